The van der Waals surface area contributed by atoms with Crippen molar-refractivity contribution < 1.29 is 9.53 Å². The number of pyridine rings is 1. The predicted molar refractivity (Wildman–Crippen MR) is 116 cm³/mol. The summed E-state index contributed by atoms with van der Waals surface area (Å²) in [6.45, 7) is 1.09. The molecule has 1 heterocycles. The second-order valence-electron chi connectivity index (χ2n) is 7.42. The van der Waals surface area contributed by atoms with Gasteiger partial charge in [0.2, 0.25) is 0 Å². The zero-order valence-corrected chi connectivity index (χ0v) is 16.6. The summed E-state index contributed by atoms with van der Waals surface area (Å²) in [5.74, 6) is 0.688. The number of carbonyl (C=O) groups excluding carboxylic acids is 1. The highest BCUT2D eigenvalue weighted by atomic mass is 16.5. The van der Waals surface area contributed by atoms with Gasteiger partial charge in [-0.05, 0) is 68.5 Å². The van der Waals surface area contributed by atoms with Crippen LogP contribution in [0.2, 0.25) is 0 Å². The summed E-state index contributed by atoms with van der Waals surface area (Å²) in [4.78, 5) is 16.9. The SMILES string of the molecule is O=C(NCCC1=CCCCC1)c1ccc(OCc2ccc3ccccc3n2)cc1. The minimum Gasteiger partial charge on any atom is -0.487 e. The lowest BCUT2D eigenvalue weighted by Crippen LogP contribution is -2.24. The maximum Gasteiger partial charge on any atom is 0.251 e. The number of hydrogen-bond acceptors (Lipinski definition) is 3. The first-order chi connectivity index (χ1) is 14.3. The van der Waals surface area contributed by atoms with Crippen LogP contribution in [0.4, 0.5) is 0 Å². The molecule has 0 fully saturated rings. The van der Waals surface area contributed by atoms with Crippen LogP contribution in [0.25, 0.3) is 10.9 Å². The van der Waals surface area contributed by atoms with E-state index in [-0.39, 0.29) is 5.91 Å². The largest absolute Gasteiger partial charge is 0.487 e. The lowest BCUT2D eigenvalue weighted by Gasteiger charge is -2.13. The summed E-state index contributed by atoms with van der Waals surface area (Å²) < 4.78 is 5.83. The Bertz CT molecular complexity index is 1010. The van der Waals surface area contributed by atoms with Crippen molar-refractivity contribution in [2.45, 2.75) is 38.7 Å². The molecule has 29 heavy (non-hydrogen) atoms. The van der Waals surface area contributed by atoms with Gasteiger partial charge in [0.05, 0.1) is 11.2 Å². The van der Waals surface area contributed by atoms with Crippen LogP contribution < -0.4 is 10.1 Å². The fourth-order valence-corrected chi connectivity index (χ4v) is 3.62. The van der Waals surface area contributed by atoms with Crippen LogP contribution in [0, 0.1) is 0 Å². The van der Waals surface area contributed by atoms with E-state index in [2.05, 4.69) is 22.4 Å². The van der Waals surface area contributed by atoms with E-state index in [1.807, 2.05) is 42.5 Å². The Morgan fingerprint density at radius 3 is 2.69 bits per heavy atom. The average Bonchev–Trinajstić information content (AvgIpc) is 2.78. The van der Waals surface area contributed by atoms with Crippen LogP contribution in [-0.4, -0.2) is 17.4 Å². The summed E-state index contributed by atoms with van der Waals surface area (Å²) in [5, 5.41) is 4.13. The van der Waals surface area contributed by atoms with Crippen LogP contribution >= 0.6 is 0 Å². The standard InChI is InChI=1S/C25H26N2O2/c28-25(26-17-16-19-6-2-1-3-7-19)21-11-14-23(15-12-21)29-18-22-13-10-20-8-4-5-9-24(20)27-22/h4-6,8-15H,1-3,7,16-18H2,(H,26,28). The van der Waals surface area contributed by atoms with Gasteiger partial charge in [0.1, 0.15) is 12.4 Å². The maximum absolute atomic E-state index is 12.3. The predicted octanol–water partition coefficient (Wildman–Crippen LogP) is 5.43. The zero-order valence-electron chi connectivity index (χ0n) is 16.6. The minimum atomic E-state index is -0.0378. The topological polar surface area (TPSA) is 51.2 Å². The maximum atomic E-state index is 12.3. The van der Waals surface area contributed by atoms with Gasteiger partial charge in [-0.2, -0.15) is 0 Å². The average molecular weight is 386 g/mol. The lowest BCUT2D eigenvalue weighted by molar-refractivity contribution is 0.0954. The minimum absolute atomic E-state index is 0.0378. The van der Waals surface area contributed by atoms with E-state index in [1.54, 1.807) is 12.1 Å². The first-order valence-corrected chi connectivity index (χ1v) is 10.3. The normalized spacial score (nSPS) is 13.7. The van der Waals surface area contributed by atoms with Crippen molar-refractivity contribution in [2.24, 2.45) is 0 Å². The molecule has 0 radical (unpaired) electrons. The van der Waals surface area contributed by atoms with Gasteiger partial charge < -0.3 is 10.1 Å². The molecule has 4 heteroatoms. The Labute approximate surface area is 171 Å². The van der Waals surface area contributed by atoms with E-state index in [0.717, 1.165) is 28.8 Å². The van der Waals surface area contributed by atoms with Gasteiger partial charge in [-0.1, -0.05) is 35.9 Å². The van der Waals surface area contributed by atoms with Crippen LogP contribution in [0.3, 0.4) is 0 Å². The third-order valence-corrected chi connectivity index (χ3v) is 5.28. The Balaban J connectivity index is 1.27. The first kappa shape index (κ1) is 19.2. The van der Waals surface area contributed by atoms with E-state index < -0.39 is 0 Å². The van der Waals surface area contributed by atoms with E-state index in [1.165, 1.54) is 31.3 Å². The number of fused-ring (bicyclic) bond motifs is 1. The summed E-state index contributed by atoms with van der Waals surface area (Å²) >= 11 is 0. The summed E-state index contributed by atoms with van der Waals surface area (Å²) in [5.41, 5.74) is 3.97. The van der Waals surface area contributed by atoms with Gasteiger partial charge in [0.15, 0.2) is 0 Å². The molecule has 1 aliphatic carbocycles. The molecule has 1 amide bonds. The molecule has 1 aromatic heterocycles. The number of rotatable bonds is 7. The lowest BCUT2D eigenvalue weighted by atomic mass is 9.97. The number of para-hydroxylation sites is 1. The molecule has 0 aliphatic heterocycles. The van der Waals surface area contributed by atoms with E-state index >= 15 is 0 Å². The second-order valence-corrected chi connectivity index (χ2v) is 7.42. The molecule has 0 atom stereocenters. The number of nitrogens with one attached hydrogen (secondary N) is 1. The van der Waals surface area contributed by atoms with Crippen molar-refractivity contribution in [3.63, 3.8) is 0 Å². The number of benzene rings is 2. The molecule has 0 bridgehead atoms. The molecule has 3 aromatic rings. The number of aromatic nitrogens is 1. The Hall–Kier alpha value is -3.14. The van der Waals surface area contributed by atoms with Crippen LogP contribution in [-0.2, 0) is 6.61 Å². The highest BCUT2D eigenvalue weighted by Crippen LogP contribution is 2.20. The summed E-state index contributed by atoms with van der Waals surface area (Å²) in [7, 11) is 0. The van der Waals surface area contributed by atoms with Crippen LogP contribution in [0.1, 0.15) is 48.2 Å². The molecular formula is C25H26N2O2. The van der Waals surface area contributed by atoms with Crippen molar-refractivity contribution in [3.8, 4) is 5.75 Å². The fraction of sp³-hybridized carbons (Fsp3) is 0.280. The number of nitrogens with zero attached hydrogens (tertiary/aromatic N) is 1. The first-order valence-electron chi connectivity index (χ1n) is 10.3. The highest BCUT2D eigenvalue weighted by molar-refractivity contribution is 5.94. The summed E-state index contributed by atoms with van der Waals surface area (Å²) in [6.07, 6.45) is 8.20. The highest BCUT2D eigenvalue weighted by Gasteiger charge is 2.08. The third-order valence-electron chi connectivity index (χ3n) is 5.28. The molecular weight excluding hydrogens is 360 g/mol. The van der Waals surface area contributed by atoms with Crippen molar-refractivity contribution in [3.05, 3.63) is 83.6 Å². The Morgan fingerprint density at radius 2 is 1.86 bits per heavy atom. The smallest absolute Gasteiger partial charge is 0.251 e. The second kappa shape index (κ2) is 9.37. The van der Waals surface area contributed by atoms with Gasteiger partial charge >= 0.3 is 0 Å². The van der Waals surface area contributed by atoms with Gasteiger partial charge in [-0.25, -0.2) is 4.98 Å². The van der Waals surface area contributed by atoms with Gasteiger partial charge in [-0.15, -0.1) is 0 Å². The van der Waals surface area contributed by atoms with E-state index in [9.17, 15) is 4.79 Å². The fourth-order valence-electron chi connectivity index (χ4n) is 3.62. The zero-order chi connectivity index (χ0) is 19.9. The number of amides is 1. The van der Waals surface area contributed by atoms with Gasteiger partial charge in [-0.3, -0.25) is 4.79 Å². The molecule has 0 saturated heterocycles. The van der Waals surface area contributed by atoms with Crippen molar-refractivity contribution in [1.29, 1.82) is 0 Å². The van der Waals surface area contributed by atoms with E-state index in [0.29, 0.717) is 18.7 Å². The van der Waals surface area contributed by atoms with Crippen molar-refractivity contribution >= 4 is 16.8 Å². The molecule has 1 aliphatic rings. The Morgan fingerprint density at radius 1 is 1.00 bits per heavy atom. The number of allylic oxidation sites excluding steroid dienone is 1. The molecule has 4 rings (SSSR count). The molecule has 2 aromatic carbocycles. The molecule has 1 N–H and O–H groups in total. The van der Waals surface area contributed by atoms with Gasteiger partial charge in [0, 0.05) is 17.5 Å². The van der Waals surface area contributed by atoms with Gasteiger partial charge in [0.25, 0.3) is 5.91 Å². The van der Waals surface area contributed by atoms with E-state index in [4.69, 9.17) is 4.74 Å². The van der Waals surface area contributed by atoms with Crippen molar-refractivity contribution in [1.82, 2.24) is 10.3 Å². The molecule has 148 valence electrons. The molecule has 0 spiro atoms. The monoisotopic (exact) mass is 386 g/mol. The van der Waals surface area contributed by atoms with Crippen LogP contribution in [0.5, 0.6) is 5.75 Å². The Kier molecular flexibility index (Phi) is 6.20. The number of ether oxygens (including phenoxy) is 1. The number of carbonyl (C=O) groups is 1. The molecule has 0 saturated carbocycles. The van der Waals surface area contributed by atoms with Crippen molar-refractivity contribution in [2.75, 3.05) is 6.54 Å². The quantitative estimate of drug-likeness (QED) is 0.551. The number of hydrogen-bond donors (Lipinski definition) is 1. The molecule has 0 unspecified atom stereocenters. The summed E-state index contributed by atoms with van der Waals surface area (Å²) in [6, 6.07) is 19.3. The van der Waals surface area contributed by atoms with Crippen LogP contribution in [0.15, 0.2) is 72.3 Å². The molecule has 4 nitrogen and oxygen atoms in total. The third kappa shape index (κ3) is 5.23.